The lowest BCUT2D eigenvalue weighted by molar-refractivity contribution is 0.362. The molecule has 1 saturated carbocycles. The van der Waals surface area contributed by atoms with Crippen molar-refractivity contribution in [2.75, 3.05) is 24.2 Å². The van der Waals surface area contributed by atoms with Crippen molar-refractivity contribution in [2.45, 2.75) is 39.0 Å². The fourth-order valence-electron chi connectivity index (χ4n) is 2.87. The van der Waals surface area contributed by atoms with Gasteiger partial charge < -0.3 is 10.6 Å². The molecule has 1 fully saturated rings. The van der Waals surface area contributed by atoms with Gasteiger partial charge in [-0.1, -0.05) is 19.3 Å². The smallest absolute Gasteiger partial charge is 0.0387 e. The molecule has 0 bridgehead atoms. The van der Waals surface area contributed by atoms with Crippen molar-refractivity contribution >= 4 is 11.4 Å². The van der Waals surface area contributed by atoms with E-state index >= 15 is 0 Å². The lowest BCUT2D eigenvalue weighted by atomic mass is 9.89. The Bertz CT molecular complexity index is 347. The topological polar surface area (TPSA) is 29.3 Å². The maximum absolute atomic E-state index is 5.90. The third-order valence-electron chi connectivity index (χ3n) is 3.78. The molecule has 1 aliphatic rings. The quantitative estimate of drug-likeness (QED) is 0.807. The molecule has 0 aromatic heterocycles. The molecule has 0 heterocycles. The van der Waals surface area contributed by atoms with Crippen LogP contribution in [0.1, 0.15) is 37.7 Å². The van der Waals surface area contributed by atoms with Gasteiger partial charge in [0.1, 0.15) is 0 Å². The maximum atomic E-state index is 5.90. The van der Waals surface area contributed by atoms with Crippen molar-refractivity contribution in [2.24, 2.45) is 5.92 Å². The zero-order valence-electron chi connectivity index (χ0n) is 11.1. The predicted octanol–water partition coefficient (Wildman–Crippen LogP) is 3.59. The van der Waals surface area contributed by atoms with E-state index in [0.717, 1.165) is 11.6 Å². The molecular weight excluding hydrogens is 208 g/mol. The number of aryl methyl sites for hydroxylation is 1. The van der Waals surface area contributed by atoms with E-state index in [1.807, 2.05) is 6.07 Å². The fourth-order valence-corrected chi connectivity index (χ4v) is 2.87. The highest BCUT2D eigenvalue weighted by Gasteiger charge is 2.15. The van der Waals surface area contributed by atoms with Crippen LogP contribution in [0.15, 0.2) is 18.2 Å². The van der Waals surface area contributed by atoms with Crippen molar-refractivity contribution < 1.29 is 0 Å². The number of benzene rings is 1. The highest BCUT2D eigenvalue weighted by molar-refractivity contribution is 5.57. The molecule has 2 rings (SSSR count). The van der Waals surface area contributed by atoms with Crippen LogP contribution in [0.3, 0.4) is 0 Å². The Kier molecular flexibility index (Phi) is 3.93. The molecule has 2 heteroatoms. The van der Waals surface area contributed by atoms with E-state index in [1.54, 1.807) is 0 Å². The van der Waals surface area contributed by atoms with Gasteiger partial charge in [-0.2, -0.15) is 0 Å². The summed E-state index contributed by atoms with van der Waals surface area (Å²) in [6, 6.07) is 6.33. The van der Waals surface area contributed by atoms with Crippen molar-refractivity contribution in [1.82, 2.24) is 0 Å². The number of hydrogen-bond donors (Lipinski definition) is 1. The number of hydrogen-bond acceptors (Lipinski definition) is 2. The van der Waals surface area contributed by atoms with Gasteiger partial charge in [-0.25, -0.2) is 0 Å². The van der Waals surface area contributed by atoms with Gasteiger partial charge in [-0.3, -0.25) is 0 Å². The molecule has 0 unspecified atom stereocenters. The summed E-state index contributed by atoms with van der Waals surface area (Å²) in [6.45, 7) is 3.28. The highest BCUT2D eigenvalue weighted by atomic mass is 15.1. The molecule has 1 aromatic rings. The molecule has 0 atom stereocenters. The highest BCUT2D eigenvalue weighted by Crippen LogP contribution is 2.26. The third kappa shape index (κ3) is 3.39. The molecule has 0 spiro atoms. The van der Waals surface area contributed by atoms with Crippen LogP contribution in [-0.4, -0.2) is 13.6 Å². The average Bonchev–Trinajstić information content (AvgIpc) is 2.29. The maximum Gasteiger partial charge on any atom is 0.0387 e. The Morgan fingerprint density at radius 1 is 1.18 bits per heavy atom. The zero-order valence-corrected chi connectivity index (χ0v) is 11.1. The van der Waals surface area contributed by atoms with Crippen LogP contribution in [0.5, 0.6) is 0 Å². The van der Waals surface area contributed by atoms with Gasteiger partial charge in [0.2, 0.25) is 0 Å². The van der Waals surface area contributed by atoms with Crippen molar-refractivity contribution in [1.29, 1.82) is 0 Å². The van der Waals surface area contributed by atoms with E-state index in [4.69, 9.17) is 5.73 Å². The first-order valence-electron chi connectivity index (χ1n) is 6.73. The molecule has 0 amide bonds. The van der Waals surface area contributed by atoms with E-state index in [2.05, 4.69) is 31.0 Å². The number of anilines is 2. The van der Waals surface area contributed by atoms with Crippen molar-refractivity contribution in [3.63, 3.8) is 0 Å². The summed E-state index contributed by atoms with van der Waals surface area (Å²) in [7, 11) is 2.18. The first-order valence-corrected chi connectivity index (χ1v) is 6.73. The number of nitrogen functional groups attached to an aromatic ring is 1. The molecular formula is C15H24N2. The van der Waals surface area contributed by atoms with Gasteiger partial charge in [0, 0.05) is 25.0 Å². The summed E-state index contributed by atoms with van der Waals surface area (Å²) in [5, 5.41) is 0. The summed E-state index contributed by atoms with van der Waals surface area (Å²) in [5.74, 6) is 0.871. The Balaban J connectivity index is 2.00. The van der Waals surface area contributed by atoms with Gasteiger partial charge >= 0.3 is 0 Å². The molecule has 1 aliphatic carbocycles. The first-order chi connectivity index (χ1) is 8.15. The minimum absolute atomic E-state index is 0.871. The lowest BCUT2D eigenvalue weighted by Gasteiger charge is -2.28. The first kappa shape index (κ1) is 12.3. The van der Waals surface area contributed by atoms with Gasteiger partial charge in [-0.05, 0) is 49.4 Å². The number of nitrogens with zero attached hydrogens (tertiary/aromatic N) is 1. The molecule has 2 N–H and O–H groups in total. The summed E-state index contributed by atoms with van der Waals surface area (Å²) in [4.78, 5) is 2.36. The summed E-state index contributed by atoms with van der Waals surface area (Å²) >= 11 is 0. The summed E-state index contributed by atoms with van der Waals surface area (Å²) in [6.07, 6.45) is 7.04. The number of rotatable bonds is 3. The number of nitrogens with two attached hydrogens (primary N) is 1. The van der Waals surface area contributed by atoms with Gasteiger partial charge in [-0.15, -0.1) is 0 Å². The van der Waals surface area contributed by atoms with Crippen LogP contribution in [-0.2, 0) is 0 Å². The second-order valence-corrected chi connectivity index (χ2v) is 5.49. The molecule has 0 aliphatic heterocycles. The molecule has 2 nitrogen and oxygen atoms in total. The molecule has 0 saturated heterocycles. The van der Waals surface area contributed by atoms with Crippen LogP contribution in [0, 0.1) is 12.8 Å². The summed E-state index contributed by atoms with van der Waals surface area (Å²) in [5.41, 5.74) is 9.28. The third-order valence-corrected chi connectivity index (χ3v) is 3.78. The van der Waals surface area contributed by atoms with Crippen LogP contribution < -0.4 is 10.6 Å². The molecule has 0 radical (unpaired) electrons. The van der Waals surface area contributed by atoms with Gasteiger partial charge in [0.25, 0.3) is 0 Å². The Hall–Kier alpha value is -1.18. The second kappa shape index (κ2) is 5.44. The van der Waals surface area contributed by atoms with E-state index in [0.29, 0.717) is 0 Å². The predicted molar refractivity (Wildman–Crippen MR) is 75.4 cm³/mol. The minimum atomic E-state index is 0.871. The monoisotopic (exact) mass is 232 g/mol. The standard InChI is InChI=1S/C15H24N2/c1-12-8-14(16)10-15(9-12)17(2)11-13-6-4-3-5-7-13/h8-10,13H,3-7,11,16H2,1-2H3. The minimum Gasteiger partial charge on any atom is -0.399 e. The zero-order chi connectivity index (χ0) is 12.3. The lowest BCUT2D eigenvalue weighted by Crippen LogP contribution is -2.26. The van der Waals surface area contributed by atoms with Crippen LogP contribution in [0.2, 0.25) is 0 Å². The van der Waals surface area contributed by atoms with Crippen molar-refractivity contribution in [3.05, 3.63) is 23.8 Å². The molecule has 94 valence electrons. The van der Waals surface area contributed by atoms with Crippen LogP contribution in [0.25, 0.3) is 0 Å². The van der Waals surface area contributed by atoms with Gasteiger partial charge in [0.05, 0.1) is 0 Å². The SMILES string of the molecule is Cc1cc(N)cc(N(C)CC2CCCCC2)c1. The average molecular weight is 232 g/mol. The van der Waals surface area contributed by atoms with E-state index in [9.17, 15) is 0 Å². The molecule has 1 aromatic carbocycles. The van der Waals surface area contributed by atoms with E-state index < -0.39 is 0 Å². The van der Waals surface area contributed by atoms with Crippen LogP contribution in [0.4, 0.5) is 11.4 Å². The van der Waals surface area contributed by atoms with Crippen LogP contribution >= 0.6 is 0 Å². The Morgan fingerprint density at radius 3 is 2.53 bits per heavy atom. The Labute approximate surface area is 105 Å². The van der Waals surface area contributed by atoms with E-state index in [1.165, 1.54) is 49.9 Å². The second-order valence-electron chi connectivity index (χ2n) is 5.49. The fraction of sp³-hybridized carbons (Fsp3) is 0.600. The van der Waals surface area contributed by atoms with Crippen molar-refractivity contribution in [3.8, 4) is 0 Å². The largest absolute Gasteiger partial charge is 0.399 e. The summed E-state index contributed by atoms with van der Waals surface area (Å²) < 4.78 is 0. The Morgan fingerprint density at radius 2 is 1.88 bits per heavy atom. The van der Waals surface area contributed by atoms with Gasteiger partial charge in [0.15, 0.2) is 0 Å². The van der Waals surface area contributed by atoms with E-state index in [-0.39, 0.29) is 0 Å². The molecule has 17 heavy (non-hydrogen) atoms. The normalized spacial score (nSPS) is 17.1.